The largest absolute Gasteiger partial charge is 0.353 e. The van der Waals surface area contributed by atoms with Crippen molar-refractivity contribution in [3.8, 4) is 10.6 Å². The smallest absolute Gasteiger partial charge is 0.230 e. The molecule has 0 aliphatic heterocycles. The Morgan fingerprint density at radius 3 is 2.95 bits per heavy atom. The Hall–Kier alpha value is -1.47. The minimum atomic E-state index is 0.0926. The molecule has 3 rings (SSSR count). The Bertz CT molecular complexity index is 611. The predicted molar refractivity (Wildman–Crippen MR) is 88.9 cm³/mol. The van der Waals surface area contributed by atoms with Gasteiger partial charge in [0.1, 0.15) is 5.01 Å². The molecule has 1 fully saturated rings. The van der Waals surface area contributed by atoms with E-state index >= 15 is 0 Å². The SMILES string of the molecule is O=C(CSc1nnc(-c2cccnc2)s1)NC1CCCCC1. The summed E-state index contributed by atoms with van der Waals surface area (Å²) in [6.45, 7) is 0. The van der Waals surface area contributed by atoms with E-state index in [1.165, 1.54) is 42.4 Å². The molecule has 2 aromatic heterocycles. The topological polar surface area (TPSA) is 67.8 Å². The number of rotatable bonds is 5. The highest BCUT2D eigenvalue weighted by Gasteiger charge is 2.16. The molecule has 7 heteroatoms. The van der Waals surface area contributed by atoms with Crippen LogP contribution < -0.4 is 5.32 Å². The molecule has 1 amide bonds. The Morgan fingerprint density at radius 1 is 1.32 bits per heavy atom. The van der Waals surface area contributed by atoms with Gasteiger partial charge in [-0.1, -0.05) is 42.4 Å². The Morgan fingerprint density at radius 2 is 2.18 bits per heavy atom. The molecule has 0 spiro atoms. The summed E-state index contributed by atoms with van der Waals surface area (Å²) in [5.41, 5.74) is 0.957. The van der Waals surface area contributed by atoms with Gasteiger partial charge in [0.2, 0.25) is 5.91 Å². The van der Waals surface area contributed by atoms with Crippen LogP contribution >= 0.6 is 23.1 Å². The molecular weight excluding hydrogens is 316 g/mol. The van der Waals surface area contributed by atoms with Crippen molar-refractivity contribution in [2.24, 2.45) is 0 Å². The van der Waals surface area contributed by atoms with Crippen LogP contribution in [0.25, 0.3) is 10.6 Å². The van der Waals surface area contributed by atoms with Crippen LogP contribution in [0.3, 0.4) is 0 Å². The maximum atomic E-state index is 12.0. The second-order valence-corrected chi connectivity index (χ2v) is 7.51. The van der Waals surface area contributed by atoms with Gasteiger partial charge in [0.15, 0.2) is 4.34 Å². The zero-order valence-corrected chi connectivity index (χ0v) is 13.8. The van der Waals surface area contributed by atoms with Crippen molar-refractivity contribution in [3.05, 3.63) is 24.5 Å². The lowest BCUT2D eigenvalue weighted by Crippen LogP contribution is -2.37. The quantitative estimate of drug-likeness (QED) is 0.851. The number of pyridine rings is 1. The van der Waals surface area contributed by atoms with Gasteiger partial charge in [-0.15, -0.1) is 10.2 Å². The molecule has 0 atom stereocenters. The van der Waals surface area contributed by atoms with E-state index in [4.69, 9.17) is 0 Å². The number of carbonyl (C=O) groups is 1. The van der Waals surface area contributed by atoms with Crippen LogP contribution in [-0.2, 0) is 4.79 Å². The lowest BCUT2D eigenvalue weighted by Gasteiger charge is -2.22. The second-order valence-electron chi connectivity index (χ2n) is 5.31. The first-order valence-corrected chi connectivity index (χ1v) is 9.27. The maximum absolute atomic E-state index is 12.0. The summed E-state index contributed by atoms with van der Waals surface area (Å²) >= 11 is 2.94. The maximum Gasteiger partial charge on any atom is 0.230 e. The average molecular weight is 334 g/mol. The van der Waals surface area contributed by atoms with E-state index < -0.39 is 0 Å². The Balaban J connectivity index is 1.49. The summed E-state index contributed by atoms with van der Waals surface area (Å²) in [6, 6.07) is 4.20. The summed E-state index contributed by atoms with van der Waals surface area (Å²) in [6.07, 6.45) is 9.47. The molecule has 0 aromatic carbocycles. The lowest BCUT2D eigenvalue weighted by atomic mass is 9.95. The van der Waals surface area contributed by atoms with Crippen molar-refractivity contribution in [1.29, 1.82) is 0 Å². The first-order valence-electron chi connectivity index (χ1n) is 7.47. The highest BCUT2D eigenvalue weighted by Crippen LogP contribution is 2.28. The molecule has 1 aliphatic carbocycles. The fourth-order valence-electron chi connectivity index (χ4n) is 2.52. The number of hydrogen-bond donors (Lipinski definition) is 1. The molecule has 0 bridgehead atoms. The molecule has 2 heterocycles. The molecule has 116 valence electrons. The van der Waals surface area contributed by atoms with E-state index in [1.807, 2.05) is 12.1 Å². The van der Waals surface area contributed by atoms with Gasteiger partial charge in [-0.2, -0.15) is 0 Å². The van der Waals surface area contributed by atoms with Gasteiger partial charge in [0, 0.05) is 24.0 Å². The molecule has 2 aromatic rings. The third-order valence-electron chi connectivity index (χ3n) is 3.61. The highest BCUT2D eigenvalue weighted by atomic mass is 32.2. The summed E-state index contributed by atoms with van der Waals surface area (Å²) in [7, 11) is 0. The highest BCUT2D eigenvalue weighted by molar-refractivity contribution is 8.01. The summed E-state index contributed by atoms with van der Waals surface area (Å²) in [5, 5.41) is 12.2. The number of hydrogen-bond acceptors (Lipinski definition) is 6. The van der Waals surface area contributed by atoms with E-state index in [1.54, 1.807) is 12.4 Å². The van der Waals surface area contributed by atoms with Crippen LogP contribution in [0.2, 0.25) is 0 Å². The zero-order valence-electron chi connectivity index (χ0n) is 12.2. The van der Waals surface area contributed by atoms with Crippen LogP contribution in [0.5, 0.6) is 0 Å². The summed E-state index contributed by atoms with van der Waals surface area (Å²) in [4.78, 5) is 16.1. The minimum absolute atomic E-state index is 0.0926. The summed E-state index contributed by atoms with van der Waals surface area (Å²) in [5.74, 6) is 0.494. The third kappa shape index (κ3) is 4.27. The van der Waals surface area contributed by atoms with Crippen molar-refractivity contribution in [2.45, 2.75) is 42.5 Å². The molecule has 1 N–H and O–H groups in total. The van der Waals surface area contributed by atoms with Crippen LogP contribution in [0.1, 0.15) is 32.1 Å². The third-order valence-corrected chi connectivity index (χ3v) is 5.72. The van der Waals surface area contributed by atoms with Crippen LogP contribution in [-0.4, -0.2) is 32.9 Å². The van der Waals surface area contributed by atoms with Crippen molar-refractivity contribution >= 4 is 29.0 Å². The minimum Gasteiger partial charge on any atom is -0.353 e. The monoisotopic (exact) mass is 334 g/mol. The van der Waals surface area contributed by atoms with Crippen LogP contribution in [0, 0.1) is 0 Å². The van der Waals surface area contributed by atoms with Gasteiger partial charge in [-0.05, 0) is 25.0 Å². The molecule has 0 saturated heterocycles. The lowest BCUT2D eigenvalue weighted by molar-refractivity contribution is -0.119. The van der Waals surface area contributed by atoms with Gasteiger partial charge in [-0.3, -0.25) is 9.78 Å². The molecule has 0 unspecified atom stereocenters. The average Bonchev–Trinajstić information content (AvgIpc) is 3.04. The number of amides is 1. The Kier molecular flexibility index (Phi) is 5.39. The van der Waals surface area contributed by atoms with Gasteiger partial charge >= 0.3 is 0 Å². The predicted octanol–water partition coefficient (Wildman–Crippen LogP) is 3.14. The number of aromatic nitrogens is 3. The molecular formula is C15H18N4OS2. The van der Waals surface area contributed by atoms with Gasteiger partial charge < -0.3 is 5.32 Å². The summed E-state index contributed by atoms with van der Waals surface area (Å²) < 4.78 is 0.817. The molecule has 5 nitrogen and oxygen atoms in total. The molecule has 1 aliphatic rings. The van der Waals surface area contributed by atoms with Crippen molar-refractivity contribution < 1.29 is 4.79 Å². The number of thioether (sulfide) groups is 1. The zero-order chi connectivity index (χ0) is 15.2. The number of nitrogens with zero attached hydrogens (tertiary/aromatic N) is 3. The van der Waals surface area contributed by atoms with Crippen molar-refractivity contribution in [2.75, 3.05) is 5.75 Å². The van der Waals surface area contributed by atoms with E-state index in [2.05, 4.69) is 20.5 Å². The van der Waals surface area contributed by atoms with Gasteiger partial charge in [0.05, 0.1) is 5.75 Å². The van der Waals surface area contributed by atoms with Crippen LogP contribution in [0.4, 0.5) is 0 Å². The van der Waals surface area contributed by atoms with E-state index in [0.717, 1.165) is 27.8 Å². The van der Waals surface area contributed by atoms with E-state index in [0.29, 0.717) is 11.8 Å². The van der Waals surface area contributed by atoms with Gasteiger partial charge in [0.25, 0.3) is 0 Å². The second kappa shape index (κ2) is 7.69. The number of nitrogens with one attached hydrogen (secondary N) is 1. The number of carbonyl (C=O) groups excluding carboxylic acids is 1. The fraction of sp³-hybridized carbons (Fsp3) is 0.467. The van der Waals surface area contributed by atoms with Gasteiger partial charge in [-0.25, -0.2) is 0 Å². The molecule has 22 heavy (non-hydrogen) atoms. The van der Waals surface area contributed by atoms with Crippen molar-refractivity contribution in [1.82, 2.24) is 20.5 Å². The first kappa shape index (κ1) is 15.4. The fourth-order valence-corrected chi connectivity index (χ4v) is 4.17. The standard InChI is InChI=1S/C15H18N4OS2/c20-13(17-12-6-2-1-3-7-12)10-21-15-19-18-14(22-15)11-5-4-8-16-9-11/h4-5,8-9,12H,1-3,6-7,10H2,(H,17,20). The Labute approximate surface area is 138 Å². The molecule has 0 radical (unpaired) electrons. The normalized spacial score (nSPS) is 15.6. The van der Waals surface area contributed by atoms with E-state index in [-0.39, 0.29) is 5.91 Å². The van der Waals surface area contributed by atoms with Crippen molar-refractivity contribution in [3.63, 3.8) is 0 Å². The molecule has 1 saturated carbocycles. The van der Waals surface area contributed by atoms with Crippen LogP contribution in [0.15, 0.2) is 28.9 Å². The first-order chi connectivity index (χ1) is 10.8. The van der Waals surface area contributed by atoms with E-state index in [9.17, 15) is 4.79 Å².